The molecule has 2 aromatic rings. The fraction of sp³-hybridized carbons (Fsp3) is 0.316. The lowest BCUT2D eigenvalue weighted by Gasteiger charge is -2.27. The predicted octanol–water partition coefficient (Wildman–Crippen LogP) is 3.75. The second-order valence-corrected chi connectivity index (χ2v) is 9.41. The second-order valence-electron chi connectivity index (χ2n) is 6.89. The molecular formula is C19H22Cl2N2O3S. The highest BCUT2D eigenvalue weighted by Crippen LogP contribution is 2.29. The van der Waals surface area contributed by atoms with Gasteiger partial charge in [-0.05, 0) is 36.8 Å². The summed E-state index contributed by atoms with van der Waals surface area (Å²) in [5, 5.41) is 3.69. The second kappa shape index (κ2) is 8.61. The van der Waals surface area contributed by atoms with E-state index in [1.54, 1.807) is 30.3 Å². The van der Waals surface area contributed by atoms with E-state index >= 15 is 0 Å². The minimum atomic E-state index is -3.76. The number of rotatable bonds is 7. The van der Waals surface area contributed by atoms with E-state index in [9.17, 15) is 13.2 Å². The Labute approximate surface area is 170 Å². The molecule has 1 amide bonds. The van der Waals surface area contributed by atoms with Crippen LogP contribution in [0.5, 0.6) is 0 Å². The fourth-order valence-electron chi connectivity index (χ4n) is 2.43. The van der Waals surface area contributed by atoms with E-state index in [0.29, 0.717) is 16.6 Å². The Balaban J connectivity index is 2.00. The standard InChI is InChI=1S/C19H22Cl2N2O3S/c1-13(23-27(25,26)15-7-5-4-6-8-15)18(24)22-12-19(2,3)14-9-10-16(20)17(21)11-14/h4-11,13,23H,12H2,1-3H3,(H,22,24)/t13-/m0/s1. The summed E-state index contributed by atoms with van der Waals surface area (Å²) in [4.78, 5) is 12.5. The number of amides is 1. The first kappa shape index (κ1) is 21.7. The molecule has 0 aromatic heterocycles. The first-order valence-electron chi connectivity index (χ1n) is 8.33. The number of hydrogen-bond donors (Lipinski definition) is 2. The minimum Gasteiger partial charge on any atom is -0.354 e. The van der Waals surface area contributed by atoms with Crippen LogP contribution in [0.15, 0.2) is 53.4 Å². The largest absolute Gasteiger partial charge is 0.354 e. The van der Waals surface area contributed by atoms with Crippen LogP contribution >= 0.6 is 23.2 Å². The molecule has 0 radical (unpaired) electrons. The Kier molecular flexibility index (Phi) is 6.92. The molecule has 0 heterocycles. The van der Waals surface area contributed by atoms with E-state index < -0.39 is 27.4 Å². The average molecular weight is 429 g/mol. The van der Waals surface area contributed by atoms with Gasteiger partial charge >= 0.3 is 0 Å². The number of carbonyl (C=O) groups is 1. The summed E-state index contributed by atoms with van der Waals surface area (Å²) in [5.74, 6) is -0.414. The van der Waals surface area contributed by atoms with Gasteiger partial charge in [0.1, 0.15) is 0 Å². The van der Waals surface area contributed by atoms with Crippen LogP contribution in [0.25, 0.3) is 0 Å². The van der Waals surface area contributed by atoms with Crippen molar-refractivity contribution in [1.82, 2.24) is 10.0 Å². The maximum atomic E-state index is 12.4. The van der Waals surface area contributed by atoms with Crippen LogP contribution in [0.3, 0.4) is 0 Å². The van der Waals surface area contributed by atoms with E-state index in [1.807, 2.05) is 19.9 Å². The Hall–Kier alpha value is -1.60. The molecule has 0 spiro atoms. The Morgan fingerprint density at radius 1 is 1.07 bits per heavy atom. The zero-order valence-corrected chi connectivity index (χ0v) is 17.6. The number of benzene rings is 2. The van der Waals surface area contributed by atoms with Gasteiger partial charge in [0.25, 0.3) is 0 Å². The Morgan fingerprint density at radius 2 is 1.70 bits per heavy atom. The van der Waals surface area contributed by atoms with Crippen LogP contribution in [-0.4, -0.2) is 26.9 Å². The van der Waals surface area contributed by atoms with Gasteiger partial charge in [0, 0.05) is 12.0 Å². The van der Waals surface area contributed by atoms with Gasteiger partial charge in [0.05, 0.1) is 21.0 Å². The van der Waals surface area contributed by atoms with Gasteiger partial charge in [0.2, 0.25) is 15.9 Å². The molecule has 0 aliphatic heterocycles. The molecule has 5 nitrogen and oxygen atoms in total. The quantitative estimate of drug-likeness (QED) is 0.704. The minimum absolute atomic E-state index is 0.112. The zero-order valence-electron chi connectivity index (χ0n) is 15.3. The first-order chi connectivity index (χ1) is 12.5. The van der Waals surface area contributed by atoms with Crippen molar-refractivity contribution in [2.24, 2.45) is 0 Å². The van der Waals surface area contributed by atoms with Gasteiger partial charge in [0.15, 0.2) is 0 Å². The van der Waals surface area contributed by atoms with Gasteiger partial charge in [-0.3, -0.25) is 4.79 Å². The molecule has 0 aliphatic rings. The number of carbonyl (C=O) groups excluding carboxylic acids is 1. The van der Waals surface area contributed by atoms with Crippen molar-refractivity contribution in [3.63, 3.8) is 0 Å². The van der Waals surface area contributed by atoms with Crippen LogP contribution in [0.1, 0.15) is 26.3 Å². The number of hydrogen-bond acceptors (Lipinski definition) is 3. The molecule has 0 saturated carbocycles. The van der Waals surface area contributed by atoms with Crippen LogP contribution in [0.2, 0.25) is 10.0 Å². The monoisotopic (exact) mass is 428 g/mol. The summed E-state index contributed by atoms with van der Waals surface area (Å²) < 4.78 is 27.0. The molecule has 0 aliphatic carbocycles. The van der Waals surface area contributed by atoms with Crippen molar-refractivity contribution >= 4 is 39.1 Å². The maximum Gasteiger partial charge on any atom is 0.241 e. The molecule has 27 heavy (non-hydrogen) atoms. The third kappa shape index (κ3) is 5.69. The highest BCUT2D eigenvalue weighted by atomic mass is 35.5. The third-order valence-corrected chi connectivity index (χ3v) is 6.48. The van der Waals surface area contributed by atoms with Gasteiger partial charge in [-0.25, -0.2) is 8.42 Å². The number of halogens is 2. The van der Waals surface area contributed by atoms with Crippen LogP contribution in [0, 0.1) is 0 Å². The van der Waals surface area contributed by atoms with Crippen LogP contribution in [0.4, 0.5) is 0 Å². The summed E-state index contributed by atoms with van der Waals surface area (Å²) in [6, 6.07) is 12.3. The van der Waals surface area contributed by atoms with Gasteiger partial charge in [-0.15, -0.1) is 0 Å². The summed E-state index contributed by atoms with van der Waals surface area (Å²) in [6.45, 7) is 5.71. The molecule has 8 heteroatoms. The molecule has 2 N–H and O–H groups in total. The van der Waals surface area contributed by atoms with Crippen molar-refractivity contribution in [1.29, 1.82) is 0 Å². The fourth-order valence-corrected chi connectivity index (χ4v) is 3.96. The lowest BCUT2D eigenvalue weighted by molar-refractivity contribution is -0.122. The maximum absolute atomic E-state index is 12.4. The molecule has 2 aromatic carbocycles. The van der Waals surface area contributed by atoms with Crippen molar-refractivity contribution in [3.8, 4) is 0 Å². The molecule has 1 atom stereocenters. The summed E-state index contributed by atoms with van der Waals surface area (Å²) in [5.41, 5.74) is 0.497. The average Bonchev–Trinajstić information content (AvgIpc) is 2.62. The molecule has 0 saturated heterocycles. The van der Waals surface area contributed by atoms with Crippen LogP contribution < -0.4 is 10.0 Å². The van der Waals surface area contributed by atoms with Crippen molar-refractivity contribution < 1.29 is 13.2 Å². The zero-order chi connectivity index (χ0) is 20.2. The molecule has 0 fully saturated rings. The smallest absolute Gasteiger partial charge is 0.241 e. The topological polar surface area (TPSA) is 75.3 Å². The lowest BCUT2D eigenvalue weighted by atomic mass is 9.84. The van der Waals surface area contributed by atoms with Crippen molar-refractivity contribution in [2.75, 3.05) is 6.54 Å². The van der Waals surface area contributed by atoms with E-state index in [4.69, 9.17) is 23.2 Å². The van der Waals surface area contributed by atoms with Crippen LogP contribution in [-0.2, 0) is 20.2 Å². The van der Waals surface area contributed by atoms with Crippen molar-refractivity contribution in [3.05, 3.63) is 64.1 Å². The van der Waals surface area contributed by atoms with Gasteiger partial charge in [-0.2, -0.15) is 4.72 Å². The third-order valence-electron chi connectivity index (χ3n) is 4.18. The Bertz CT molecular complexity index is 916. The number of nitrogens with one attached hydrogen (secondary N) is 2. The van der Waals surface area contributed by atoms with E-state index in [-0.39, 0.29) is 4.90 Å². The lowest BCUT2D eigenvalue weighted by Crippen LogP contribution is -2.47. The highest BCUT2D eigenvalue weighted by molar-refractivity contribution is 7.89. The summed E-state index contributed by atoms with van der Waals surface area (Å²) in [7, 11) is -3.76. The van der Waals surface area contributed by atoms with E-state index in [0.717, 1.165) is 5.56 Å². The number of sulfonamides is 1. The molecular weight excluding hydrogens is 407 g/mol. The molecule has 2 rings (SSSR count). The summed E-state index contributed by atoms with van der Waals surface area (Å²) in [6.07, 6.45) is 0. The summed E-state index contributed by atoms with van der Waals surface area (Å²) >= 11 is 12.0. The highest BCUT2D eigenvalue weighted by Gasteiger charge is 2.26. The molecule has 0 bridgehead atoms. The van der Waals surface area contributed by atoms with E-state index in [2.05, 4.69) is 10.0 Å². The van der Waals surface area contributed by atoms with Crippen molar-refractivity contribution in [2.45, 2.75) is 37.1 Å². The normalized spacial score (nSPS) is 13.2. The van der Waals surface area contributed by atoms with Gasteiger partial charge < -0.3 is 5.32 Å². The molecule has 0 unspecified atom stereocenters. The van der Waals surface area contributed by atoms with E-state index in [1.165, 1.54) is 19.1 Å². The SMILES string of the molecule is C[C@H](NS(=O)(=O)c1ccccc1)C(=O)NCC(C)(C)c1ccc(Cl)c(Cl)c1. The van der Waals surface area contributed by atoms with Gasteiger partial charge in [-0.1, -0.05) is 61.3 Å². The first-order valence-corrected chi connectivity index (χ1v) is 10.6. The predicted molar refractivity (Wildman–Crippen MR) is 109 cm³/mol. The Morgan fingerprint density at radius 3 is 2.30 bits per heavy atom. The molecule has 146 valence electrons.